The predicted molar refractivity (Wildman–Crippen MR) is 58.9 cm³/mol. The number of carbonyl (C=O) groups is 1. The van der Waals surface area contributed by atoms with Crippen LogP contribution in [0.5, 0.6) is 0 Å². The molecule has 1 N–H and O–H groups in total. The van der Waals surface area contributed by atoms with Crippen molar-refractivity contribution in [2.45, 2.75) is 12.8 Å². The average molecular weight is 248 g/mol. The number of carboxylic acid groups (broad SMARTS) is 1. The molecule has 0 spiro atoms. The number of hydrogen-bond acceptors (Lipinski definition) is 4. The number of carboxylic acids is 1. The molecule has 0 saturated carbocycles. The van der Waals surface area contributed by atoms with E-state index < -0.39 is 15.8 Å². The summed E-state index contributed by atoms with van der Waals surface area (Å²) in [6.45, 7) is 0. The second-order valence-electron chi connectivity index (χ2n) is 3.18. The summed E-state index contributed by atoms with van der Waals surface area (Å²) in [6, 6.07) is 1.87. The minimum absolute atomic E-state index is 0.0248. The van der Waals surface area contributed by atoms with Crippen molar-refractivity contribution in [3.63, 3.8) is 0 Å². The fraction of sp³-hybridized carbons (Fsp3) is 0.444. The minimum atomic E-state index is -3.23. The van der Waals surface area contributed by atoms with E-state index in [9.17, 15) is 13.2 Å². The molecule has 0 unspecified atom stereocenters. The van der Waals surface area contributed by atoms with Crippen LogP contribution < -0.4 is 0 Å². The molecule has 0 fully saturated rings. The van der Waals surface area contributed by atoms with Crippen LogP contribution >= 0.6 is 11.3 Å². The first-order valence-corrected chi connectivity index (χ1v) is 7.19. The standard InChI is InChI=1S/C9H12O4S2/c10-9(11)3-6-15(12,13)5-2-8-1-4-14-7-8/h1,4,7H,2-3,5-6H2,(H,10,11). The summed E-state index contributed by atoms with van der Waals surface area (Å²) in [6.07, 6.45) is 0.150. The van der Waals surface area contributed by atoms with Crippen molar-refractivity contribution in [1.82, 2.24) is 0 Å². The maximum atomic E-state index is 11.4. The molecule has 0 saturated heterocycles. The highest BCUT2D eigenvalue weighted by Gasteiger charge is 2.13. The first kappa shape index (κ1) is 12.2. The molecule has 1 rings (SSSR count). The van der Waals surface area contributed by atoms with Crippen molar-refractivity contribution in [3.8, 4) is 0 Å². The third-order valence-electron chi connectivity index (χ3n) is 1.91. The van der Waals surface area contributed by atoms with Gasteiger partial charge >= 0.3 is 5.97 Å². The monoisotopic (exact) mass is 248 g/mol. The summed E-state index contributed by atoms with van der Waals surface area (Å²) in [5, 5.41) is 12.1. The first-order valence-electron chi connectivity index (χ1n) is 4.43. The van der Waals surface area contributed by atoms with Gasteiger partial charge in [0, 0.05) is 0 Å². The molecule has 0 amide bonds. The van der Waals surface area contributed by atoms with Crippen LogP contribution in [-0.4, -0.2) is 31.0 Å². The largest absolute Gasteiger partial charge is 0.481 e. The van der Waals surface area contributed by atoms with Crippen molar-refractivity contribution in [2.75, 3.05) is 11.5 Å². The zero-order valence-corrected chi connectivity index (χ0v) is 9.68. The van der Waals surface area contributed by atoms with Gasteiger partial charge in [0.1, 0.15) is 0 Å². The maximum absolute atomic E-state index is 11.4. The highest BCUT2D eigenvalue weighted by atomic mass is 32.2. The minimum Gasteiger partial charge on any atom is -0.481 e. The molecular weight excluding hydrogens is 236 g/mol. The SMILES string of the molecule is O=C(O)CCS(=O)(=O)CCc1ccsc1. The van der Waals surface area contributed by atoms with E-state index in [1.165, 1.54) is 11.3 Å². The molecule has 84 valence electrons. The quantitative estimate of drug-likeness (QED) is 0.820. The Balaban J connectivity index is 2.40. The Morgan fingerprint density at radius 2 is 2.13 bits per heavy atom. The normalized spacial score (nSPS) is 11.5. The lowest BCUT2D eigenvalue weighted by Gasteiger charge is -2.00. The van der Waals surface area contributed by atoms with Gasteiger partial charge in [-0.3, -0.25) is 4.79 Å². The summed E-state index contributed by atoms with van der Waals surface area (Å²) in [4.78, 5) is 10.2. The number of sulfone groups is 1. The summed E-state index contributed by atoms with van der Waals surface area (Å²) >= 11 is 1.52. The predicted octanol–water partition coefficient (Wildman–Crippen LogP) is 1.18. The van der Waals surface area contributed by atoms with Crippen molar-refractivity contribution in [2.24, 2.45) is 0 Å². The van der Waals surface area contributed by atoms with E-state index in [0.717, 1.165) is 5.56 Å². The second-order valence-corrected chi connectivity index (χ2v) is 6.26. The Morgan fingerprint density at radius 3 is 2.67 bits per heavy atom. The molecule has 15 heavy (non-hydrogen) atoms. The van der Waals surface area contributed by atoms with E-state index in [0.29, 0.717) is 6.42 Å². The Hall–Kier alpha value is -0.880. The molecule has 1 aromatic rings. The van der Waals surface area contributed by atoms with Gasteiger partial charge in [-0.1, -0.05) is 0 Å². The van der Waals surface area contributed by atoms with Gasteiger partial charge in [-0.2, -0.15) is 11.3 Å². The van der Waals surface area contributed by atoms with E-state index in [-0.39, 0.29) is 17.9 Å². The van der Waals surface area contributed by atoms with E-state index in [4.69, 9.17) is 5.11 Å². The lowest BCUT2D eigenvalue weighted by atomic mass is 10.3. The molecule has 4 nitrogen and oxygen atoms in total. The molecule has 0 aliphatic carbocycles. The molecule has 0 radical (unpaired) electrons. The smallest absolute Gasteiger partial charge is 0.304 e. The molecule has 6 heteroatoms. The van der Waals surface area contributed by atoms with Crippen LogP contribution in [0.4, 0.5) is 0 Å². The number of hydrogen-bond donors (Lipinski definition) is 1. The van der Waals surface area contributed by atoms with Gasteiger partial charge in [-0.25, -0.2) is 8.42 Å². The molecule has 0 bridgehead atoms. The lowest BCUT2D eigenvalue weighted by molar-refractivity contribution is -0.136. The van der Waals surface area contributed by atoms with Gasteiger partial charge in [0.15, 0.2) is 9.84 Å². The molecular formula is C9H12O4S2. The Labute approximate surface area is 92.5 Å². The second kappa shape index (κ2) is 5.27. The van der Waals surface area contributed by atoms with Crippen molar-refractivity contribution in [1.29, 1.82) is 0 Å². The molecule has 0 atom stereocenters. The van der Waals surface area contributed by atoms with Crippen LogP contribution in [0.3, 0.4) is 0 Å². The third kappa shape index (κ3) is 4.94. The summed E-state index contributed by atoms with van der Waals surface area (Å²) < 4.78 is 22.7. The van der Waals surface area contributed by atoms with E-state index in [2.05, 4.69) is 0 Å². The maximum Gasteiger partial charge on any atom is 0.304 e. The van der Waals surface area contributed by atoms with Crippen molar-refractivity contribution < 1.29 is 18.3 Å². The number of rotatable bonds is 6. The van der Waals surface area contributed by atoms with Crippen molar-refractivity contribution in [3.05, 3.63) is 22.4 Å². The van der Waals surface area contributed by atoms with E-state index >= 15 is 0 Å². The van der Waals surface area contributed by atoms with Gasteiger partial charge in [0.05, 0.1) is 17.9 Å². The third-order valence-corrected chi connectivity index (χ3v) is 4.29. The van der Waals surface area contributed by atoms with Gasteiger partial charge < -0.3 is 5.11 Å². The molecule has 0 aliphatic heterocycles. The van der Waals surface area contributed by atoms with Gasteiger partial charge in [-0.15, -0.1) is 0 Å². The highest BCUT2D eigenvalue weighted by Crippen LogP contribution is 2.08. The highest BCUT2D eigenvalue weighted by molar-refractivity contribution is 7.91. The summed E-state index contributed by atoms with van der Waals surface area (Å²) in [5.41, 5.74) is 0.985. The molecule has 0 aromatic carbocycles. The average Bonchev–Trinajstić information content (AvgIpc) is 2.65. The van der Waals surface area contributed by atoms with Crippen LogP contribution in [0.25, 0.3) is 0 Å². The van der Waals surface area contributed by atoms with Gasteiger partial charge in [0.2, 0.25) is 0 Å². The fourth-order valence-corrected chi connectivity index (χ4v) is 2.99. The van der Waals surface area contributed by atoms with Gasteiger partial charge in [0.25, 0.3) is 0 Å². The lowest BCUT2D eigenvalue weighted by Crippen LogP contribution is -2.15. The number of aliphatic carboxylic acids is 1. The number of thiophene rings is 1. The summed E-state index contributed by atoms with van der Waals surface area (Å²) in [7, 11) is -3.23. The van der Waals surface area contributed by atoms with E-state index in [1.807, 2.05) is 16.8 Å². The zero-order chi connectivity index (χ0) is 11.3. The van der Waals surface area contributed by atoms with Crippen LogP contribution in [0.2, 0.25) is 0 Å². The van der Waals surface area contributed by atoms with Crippen LogP contribution in [-0.2, 0) is 21.1 Å². The van der Waals surface area contributed by atoms with Crippen LogP contribution in [0, 0.1) is 0 Å². The van der Waals surface area contributed by atoms with Crippen LogP contribution in [0.1, 0.15) is 12.0 Å². The Morgan fingerprint density at radius 1 is 1.40 bits per heavy atom. The van der Waals surface area contributed by atoms with Crippen LogP contribution in [0.15, 0.2) is 16.8 Å². The topological polar surface area (TPSA) is 71.4 Å². The fourth-order valence-electron chi connectivity index (χ4n) is 1.05. The summed E-state index contributed by atoms with van der Waals surface area (Å²) in [5.74, 6) is -1.32. The Bertz CT molecular complexity index is 405. The van der Waals surface area contributed by atoms with Crippen molar-refractivity contribution >= 4 is 27.1 Å². The molecule has 1 aromatic heterocycles. The van der Waals surface area contributed by atoms with E-state index in [1.54, 1.807) is 0 Å². The Kier molecular flexibility index (Phi) is 4.28. The molecule has 1 heterocycles. The van der Waals surface area contributed by atoms with Gasteiger partial charge in [-0.05, 0) is 28.8 Å². The first-order chi connectivity index (χ1) is 6.99. The molecule has 0 aliphatic rings. The zero-order valence-electron chi connectivity index (χ0n) is 8.05. The number of aryl methyl sites for hydroxylation is 1.